The number of hydrogen-bond acceptors (Lipinski definition) is 3. The number of nitrogens with zero attached hydrogens (tertiary/aromatic N) is 1. The molecule has 2 fully saturated rings. The van der Waals surface area contributed by atoms with Gasteiger partial charge in [0.2, 0.25) is 0 Å². The molecule has 3 nitrogen and oxygen atoms in total. The highest BCUT2D eigenvalue weighted by Gasteiger charge is 2.34. The Hall–Kier alpha value is -0.120. The van der Waals surface area contributed by atoms with E-state index in [9.17, 15) is 5.11 Å². The Kier molecular flexibility index (Phi) is 6.31. The van der Waals surface area contributed by atoms with Crippen LogP contribution in [0.25, 0.3) is 0 Å². The van der Waals surface area contributed by atoms with Crippen molar-refractivity contribution in [1.82, 2.24) is 10.2 Å². The monoisotopic (exact) mass is 282 g/mol. The topological polar surface area (TPSA) is 35.5 Å². The van der Waals surface area contributed by atoms with Crippen molar-refractivity contribution in [2.24, 2.45) is 5.41 Å². The van der Waals surface area contributed by atoms with Gasteiger partial charge in [-0.05, 0) is 37.6 Å². The van der Waals surface area contributed by atoms with Crippen molar-refractivity contribution in [1.29, 1.82) is 0 Å². The summed E-state index contributed by atoms with van der Waals surface area (Å²) in [6, 6.07) is 0.571. The van der Waals surface area contributed by atoms with Gasteiger partial charge < -0.3 is 15.3 Å². The molecule has 1 heterocycles. The molecular weight excluding hydrogens is 248 g/mol. The van der Waals surface area contributed by atoms with Crippen LogP contribution in [0.5, 0.6) is 0 Å². The number of piperidine rings is 1. The van der Waals surface area contributed by atoms with Crippen LogP contribution in [0.15, 0.2) is 0 Å². The van der Waals surface area contributed by atoms with E-state index in [1.807, 2.05) is 0 Å². The average Bonchev–Trinajstić information content (AvgIpc) is 2.63. The van der Waals surface area contributed by atoms with Crippen LogP contribution in [0, 0.1) is 5.41 Å². The van der Waals surface area contributed by atoms with Crippen LogP contribution in [0.3, 0.4) is 0 Å². The SMILES string of the molecule is CC(C)NCC1(CN2CCCC(O)C2)CCCCCC1. The van der Waals surface area contributed by atoms with Crippen molar-refractivity contribution < 1.29 is 5.11 Å². The van der Waals surface area contributed by atoms with Crippen LogP contribution in [0.1, 0.15) is 65.2 Å². The summed E-state index contributed by atoms with van der Waals surface area (Å²) < 4.78 is 0. The summed E-state index contributed by atoms with van der Waals surface area (Å²) in [4.78, 5) is 2.53. The summed E-state index contributed by atoms with van der Waals surface area (Å²) in [5, 5.41) is 13.6. The normalized spacial score (nSPS) is 28.5. The van der Waals surface area contributed by atoms with E-state index in [1.165, 1.54) is 51.6 Å². The summed E-state index contributed by atoms with van der Waals surface area (Å²) in [6.45, 7) is 8.90. The van der Waals surface area contributed by atoms with Gasteiger partial charge in [0.25, 0.3) is 0 Å². The quantitative estimate of drug-likeness (QED) is 0.761. The van der Waals surface area contributed by atoms with E-state index in [-0.39, 0.29) is 6.10 Å². The molecule has 2 rings (SSSR count). The van der Waals surface area contributed by atoms with Gasteiger partial charge in [0.15, 0.2) is 0 Å². The number of aliphatic hydroxyl groups is 1. The van der Waals surface area contributed by atoms with Gasteiger partial charge in [-0.1, -0.05) is 39.5 Å². The molecule has 3 heteroatoms. The Bertz CT molecular complexity index is 272. The highest BCUT2D eigenvalue weighted by atomic mass is 16.3. The summed E-state index contributed by atoms with van der Waals surface area (Å²) in [5.74, 6) is 0. The van der Waals surface area contributed by atoms with Gasteiger partial charge in [-0.25, -0.2) is 0 Å². The van der Waals surface area contributed by atoms with Crippen molar-refractivity contribution in [3.8, 4) is 0 Å². The fraction of sp³-hybridized carbons (Fsp3) is 1.00. The van der Waals surface area contributed by atoms with Crippen molar-refractivity contribution in [3.63, 3.8) is 0 Å². The molecule has 1 atom stereocenters. The molecule has 1 unspecified atom stereocenters. The molecule has 0 aromatic heterocycles. The van der Waals surface area contributed by atoms with Crippen molar-refractivity contribution >= 4 is 0 Å². The van der Waals surface area contributed by atoms with Gasteiger partial charge in [0, 0.05) is 25.7 Å². The molecule has 2 aliphatic rings. The number of rotatable bonds is 5. The number of aliphatic hydroxyl groups excluding tert-OH is 1. The molecule has 0 aromatic rings. The molecule has 118 valence electrons. The molecule has 1 aliphatic heterocycles. The summed E-state index contributed by atoms with van der Waals surface area (Å²) >= 11 is 0. The largest absolute Gasteiger partial charge is 0.392 e. The third-order valence-corrected chi connectivity index (χ3v) is 5.09. The third-order valence-electron chi connectivity index (χ3n) is 5.09. The minimum Gasteiger partial charge on any atom is -0.392 e. The molecule has 1 aliphatic carbocycles. The van der Waals surface area contributed by atoms with E-state index in [2.05, 4.69) is 24.1 Å². The lowest BCUT2D eigenvalue weighted by Gasteiger charge is -2.41. The summed E-state index contributed by atoms with van der Waals surface area (Å²) in [5.41, 5.74) is 0.442. The molecule has 0 spiro atoms. The van der Waals surface area contributed by atoms with Gasteiger partial charge in [-0.2, -0.15) is 0 Å². The predicted molar refractivity (Wildman–Crippen MR) is 85.0 cm³/mol. The van der Waals surface area contributed by atoms with Gasteiger partial charge in [0.1, 0.15) is 0 Å². The van der Waals surface area contributed by atoms with Crippen LogP contribution < -0.4 is 5.32 Å². The fourth-order valence-electron chi connectivity index (χ4n) is 3.94. The van der Waals surface area contributed by atoms with Crippen LogP contribution in [-0.2, 0) is 0 Å². The molecule has 20 heavy (non-hydrogen) atoms. The molecular formula is C17H34N2O. The molecule has 1 saturated heterocycles. The highest BCUT2D eigenvalue weighted by molar-refractivity contribution is 4.89. The molecule has 0 amide bonds. The lowest BCUT2D eigenvalue weighted by Crippen LogP contribution is -2.49. The Morgan fingerprint density at radius 2 is 1.85 bits per heavy atom. The number of nitrogens with one attached hydrogen (secondary N) is 1. The van der Waals surface area contributed by atoms with Gasteiger partial charge in [-0.15, -0.1) is 0 Å². The maximum Gasteiger partial charge on any atom is 0.0667 e. The second-order valence-corrected chi connectivity index (χ2v) is 7.48. The Morgan fingerprint density at radius 3 is 2.45 bits per heavy atom. The molecule has 0 bridgehead atoms. The van der Waals surface area contributed by atoms with Crippen molar-refractivity contribution in [2.45, 2.75) is 77.4 Å². The molecule has 1 saturated carbocycles. The first kappa shape index (κ1) is 16.3. The van der Waals surface area contributed by atoms with Crippen LogP contribution in [-0.4, -0.2) is 48.3 Å². The zero-order valence-corrected chi connectivity index (χ0v) is 13.5. The van der Waals surface area contributed by atoms with Gasteiger partial charge in [0.05, 0.1) is 6.10 Å². The first-order valence-corrected chi connectivity index (χ1v) is 8.73. The first-order chi connectivity index (χ1) is 9.60. The van der Waals surface area contributed by atoms with Crippen LogP contribution in [0.2, 0.25) is 0 Å². The lowest BCUT2D eigenvalue weighted by atomic mass is 9.79. The van der Waals surface area contributed by atoms with E-state index >= 15 is 0 Å². The van der Waals surface area contributed by atoms with E-state index in [0.717, 1.165) is 25.9 Å². The Labute approximate surface area is 125 Å². The fourth-order valence-corrected chi connectivity index (χ4v) is 3.94. The van der Waals surface area contributed by atoms with Crippen LogP contribution in [0.4, 0.5) is 0 Å². The summed E-state index contributed by atoms with van der Waals surface area (Å²) in [7, 11) is 0. The second-order valence-electron chi connectivity index (χ2n) is 7.48. The minimum atomic E-state index is -0.0929. The lowest BCUT2D eigenvalue weighted by molar-refractivity contribution is 0.0373. The third kappa shape index (κ3) is 5.01. The second kappa shape index (κ2) is 7.77. The van der Waals surface area contributed by atoms with Gasteiger partial charge >= 0.3 is 0 Å². The van der Waals surface area contributed by atoms with Gasteiger partial charge in [-0.3, -0.25) is 0 Å². The van der Waals surface area contributed by atoms with Crippen molar-refractivity contribution in [2.75, 3.05) is 26.2 Å². The Morgan fingerprint density at radius 1 is 1.15 bits per heavy atom. The number of β-amino-alcohol motifs (C(OH)–C–C–N with tert-alkyl or cyclic N) is 1. The van der Waals surface area contributed by atoms with Crippen LogP contribution >= 0.6 is 0 Å². The summed E-state index contributed by atoms with van der Waals surface area (Å²) in [6.07, 6.45) is 10.4. The van der Waals surface area contributed by atoms with E-state index in [4.69, 9.17) is 0 Å². The number of likely N-dealkylation sites (tertiary alicyclic amines) is 1. The standard InChI is InChI=1S/C17H34N2O/c1-15(2)18-13-17(9-5-3-4-6-10-17)14-19-11-7-8-16(20)12-19/h15-16,18,20H,3-14H2,1-2H3. The zero-order chi connectivity index (χ0) is 14.4. The molecule has 0 radical (unpaired) electrons. The average molecular weight is 282 g/mol. The first-order valence-electron chi connectivity index (χ1n) is 8.73. The number of hydrogen-bond donors (Lipinski definition) is 2. The van der Waals surface area contributed by atoms with E-state index in [0.29, 0.717) is 11.5 Å². The zero-order valence-electron chi connectivity index (χ0n) is 13.5. The highest BCUT2D eigenvalue weighted by Crippen LogP contribution is 2.36. The maximum absolute atomic E-state index is 9.91. The predicted octanol–water partition coefficient (Wildman–Crippen LogP) is 2.78. The van der Waals surface area contributed by atoms with Crippen molar-refractivity contribution in [3.05, 3.63) is 0 Å². The van der Waals surface area contributed by atoms with E-state index in [1.54, 1.807) is 0 Å². The maximum atomic E-state index is 9.91. The molecule has 0 aromatic carbocycles. The smallest absolute Gasteiger partial charge is 0.0667 e. The van der Waals surface area contributed by atoms with E-state index < -0.39 is 0 Å². The minimum absolute atomic E-state index is 0.0929. The molecule has 2 N–H and O–H groups in total. The Balaban J connectivity index is 1.96.